The van der Waals surface area contributed by atoms with E-state index in [9.17, 15) is 13.2 Å². The molecule has 8 heteroatoms. The second-order valence-electron chi connectivity index (χ2n) is 4.66. The Bertz CT molecular complexity index is 607. The Balaban J connectivity index is 0.000000422. The minimum atomic E-state index is -4.02. The van der Waals surface area contributed by atoms with Gasteiger partial charge in [-0.1, -0.05) is 36.2 Å². The summed E-state index contributed by atoms with van der Waals surface area (Å²) < 4.78 is 34.2. The van der Waals surface area contributed by atoms with Crippen molar-refractivity contribution in [3.8, 4) is 0 Å². The van der Waals surface area contributed by atoms with Gasteiger partial charge in [0.1, 0.15) is 0 Å². The Morgan fingerprint density at radius 2 is 1.78 bits per heavy atom. The maximum atomic E-state index is 11.0. The van der Waals surface area contributed by atoms with Crippen LogP contribution in [0, 0.1) is 6.92 Å². The molecule has 0 aliphatic rings. The van der Waals surface area contributed by atoms with Gasteiger partial charge in [0.15, 0.2) is 5.71 Å². The summed E-state index contributed by atoms with van der Waals surface area (Å²) in [7, 11) is -4.02. The van der Waals surface area contributed by atoms with Crippen molar-refractivity contribution in [3.63, 3.8) is 0 Å². The van der Waals surface area contributed by atoms with Crippen LogP contribution in [0.1, 0.15) is 38.7 Å². The topological polar surface area (TPSA) is 113 Å². The van der Waals surface area contributed by atoms with Gasteiger partial charge in [-0.3, -0.25) is 4.55 Å². The Kier molecular flexibility index (Phi) is 9.84. The first-order valence-corrected chi connectivity index (χ1v) is 8.62. The quantitative estimate of drug-likeness (QED) is 0.269. The van der Waals surface area contributed by atoms with Crippen molar-refractivity contribution in [1.82, 2.24) is 0 Å². The van der Waals surface area contributed by atoms with Gasteiger partial charge in [0.2, 0.25) is 0 Å². The van der Waals surface area contributed by atoms with E-state index in [4.69, 9.17) is 9.76 Å². The Morgan fingerprint density at radius 1 is 1.22 bits per heavy atom. The number of oxime groups is 1. The number of carbonyl (C=O) groups excluding carboxylic acids is 1. The smallest absolute Gasteiger partial charge is 0.356 e. The van der Waals surface area contributed by atoms with Crippen molar-refractivity contribution in [1.29, 1.82) is 0 Å². The molecule has 0 aliphatic heterocycles. The monoisotopic (exact) mass is 345 g/mol. The van der Waals surface area contributed by atoms with E-state index in [1.165, 1.54) is 12.1 Å². The molecule has 0 aromatic heterocycles. The fraction of sp³-hybridized carbons (Fsp3) is 0.467. The highest BCUT2D eigenvalue weighted by Gasteiger charge is 2.11. The third-order valence-electron chi connectivity index (χ3n) is 2.72. The van der Waals surface area contributed by atoms with Crippen molar-refractivity contribution >= 4 is 21.8 Å². The number of unbranched alkanes of at least 4 members (excludes halogenated alkanes) is 1. The zero-order valence-corrected chi connectivity index (χ0v) is 14.3. The van der Waals surface area contributed by atoms with Gasteiger partial charge in [0, 0.05) is 6.42 Å². The first kappa shape index (κ1) is 21.1. The van der Waals surface area contributed by atoms with Gasteiger partial charge in [-0.05, 0) is 32.4 Å². The van der Waals surface area contributed by atoms with Crippen molar-refractivity contribution in [2.45, 2.75) is 44.9 Å². The van der Waals surface area contributed by atoms with Gasteiger partial charge in [-0.15, -0.1) is 0 Å². The van der Waals surface area contributed by atoms with Gasteiger partial charge in [0.05, 0.1) is 11.5 Å². The largest absolute Gasteiger partial charge is 0.461 e. The summed E-state index contributed by atoms with van der Waals surface area (Å²) in [5.74, 6) is -0.520. The number of esters is 1. The molecule has 0 fully saturated rings. The van der Waals surface area contributed by atoms with Crippen molar-refractivity contribution < 1.29 is 27.7 Å². The van der Waals surface area contributed by atoms with Crippen molar-refractivity contribution in [2.24, 2.45) is 5.16 Å². The second kappa shape index (κ2) is 10.7. The summed E-state index contributed by atoms with van der Waals surface area (Å²) in [4.78, 5) is 10.9. The third-order valence-corrected chi connectivity index (χ3v) is 3.59. The molecule has 1 aromatic carbocycles. The third kappa shape index (κ3) is 8.94. The van der Waals surface area contributed by atoms with Crippen LogP contribution < -0.4 is 0 Å². The Hall–Kier alpha value is -1.93. The van der Waals surface area contributed by atoms with Gasteiger partial charge < -0.3 is 9.94 Å². The van der Waals surface area contributed by atoms with Crippen LogP contribution in [0.4, 0.5) is 0 Å². The van der Waals surface area contributed by atoms with Crippen molar-refractivity contribution in [2.75, 3.05) is 6.61 Å². The molecule has 1 aromatic rings. The van der Waals surface area contributed by atoms with E-state index in [-0.39, 0.29) is 10.6 Å². The van der Waals surface area contributed by atoms with Crippen LogP contribution in [0.15, 0.2) is 34.3 Å². The first-order chi connectivity index (χ1) is 10.8. The minimum absolute atomic E-state index is 0.0666. The zero-order chi connectivity index (χ0) is 17.9. The second-order valence-corrected chi connectivity index (χ2v) is 6.08. The fourth-order valence-corrected chi connectivity index (χ4v) is 1.94. The number of ether oxygens (including phenoxy) is 1. The average Bonchev–Trinajstić information content (AvgIpc) is 2.48. The molecule has 0 saturated heterocycles. The normalized spacial score (nSPS) is 11.4. The number of carbonyl (C=O) groups is 1. The molecule has 0 atom stereocenters. The predicted octanol–water partition coefficient (Wildman–Crippen LogP) is 2.81. The highest BCUT2D eigenvalue weighted by molar-refractivity contribution is 7.85. The summed E-state index contributed by atoms with van der Waals surface area (Å²) in [6.45, 7) is 5.87. The van der Waals surface area contributed by atoms with E-state index in [1.54, 1.807) is 19.1 Å². The zero-order valence-electron chi connectivity index (χ0n) is 13.5. The van der Waals surface area contributed by atoms with Crippen LogP contribution in [0.5, 0.6) is 0 Å². The number of aryl methyl sites for hydroxylation is 1. The molecule has 0 aliphatic carbocycles. The summed E-state index contributed by atoms with van der Waals surface area (Å²) in [6, 6.07) is 5.99. The number of benzene rings is 1. The van der Waals surface area contributed by atoms with Crippen LogP contribution in [-0.2, 0) is 19.6 Å². The average molecular weight is 345 g/mol. The molecule has 2 N–H and O–H groups in total. The maximum absolute atomic E-state index is 11.0. The molecule has 0 saturated carbocycles. The Morgan fingerprint density at radius 3 is 2.17 bits per heavy atom. The van der Waals surface area contributed by atoms with E-state index in [2.05, 4.69) is 9.89 Å². The van der Waals surface area contributed by atoms with Crippen LogP contribution in [-0.4, -0.2) is 36.5 Å². The molecule has 0 radical (unpaired) electrons. The van der Waals surface area contributed by atoms with E-state index in [0.717, 1.165) is 18.4 Å². The lowest BCUT2D eigenvalue weighted by atomic mass is 10.2. The predicted molar refractivity (Wildman–Crippen MR) is 86.4 cm³/mol. The number of hydrogen-bond acceptors (Lipinski definition) is 6. The van der Waals surface area contributed by atoms with Crippen LogP contribution in [0.3, 0.4) is 0 Å². The fourth-order valence-electron chi connectivity index (χ4n) is 1.46. The lowest BCUT2D eigenvalue weighted by Gasteiger charge is -2.01. The molecule has 130 valence electrons. The SMILES string of the molecule is CCCC/C(=N/O)C(=O)OCC.Cc1ccc(S(=O)(=O)O)cc1. The summed E-state index contributed by atoms with van der Waals surface area (Å²) in [6.07, 6.45) is 2.27. The van der Waals surface area contributed by atoms with E-state index in [1.807, 2.05) is 13.8 Å². The standard InChI is InChI=1S/C8H15NO3.C7H8O3S/c1-3-5-6-7(9-11)8(10)12-4-2;1-6-2-4-7(5-3-6)11(8,9)10/h11H,3-6H2,1-2H3;2-5H,1H3,(H,8,9,10)/b9-7-;. The molecule has 0 amide bonds. The lowest BCUT2D eigenvalue weighted by molar-refractivity contribution is -0.135. The summed E-state index contributed by atoms with van der Waals surface area (Å²) >= 11 is 0. The molecule has 23 heavy (non-hydrogen) atoms. The highest BCUT2D eigenvalue weighted by atomic mass is 32.2. The van der Waals surface area contributed by atoms with Gasteiger partial charge >= 0.3 is 5.97 Å². The lowest BCUT2D eigenvalue weighted by Crippen LogP contribution is -2.17. The van der Waals surface area contributed by atoms with Crippen LogP contribution >= 0.6 is 0 Å². The number of nitrogens with zero attached hydrogens (tertiary/aromatic N) is 1. The molecular weight excluding hydrogens is 322 g/mol. The van der Waals surface area contributed by atoms with Crippen molar-refractivity contribution in [3.05, 3.63) is 29.8 Å². The Labute approximate surface area is 136 Å². The molecular formula is C15H23NO6S. The molecule has 7 nitrogen and oxygen atoms in total. The molecule has 0 spiro atoms. The van der Waals surface area contributed by atoms with Crippen LogP contribution in [0.2, 0.25) is 0 Å². The van der Waals surface area contributed by atoms with Crippen LogP contribution in [0.25, 0.3) is 0 Å². The van der Waals surface area contributed by atoms with E-state index in [0.29, 0.717) is 13.0 Å². The number of rotatable bonds is 6. The van der Waals surface area contributed by atoms with Gasteiger partial charge in [-0.25, -0.2) is 4.79 Å². The van der Waals surface area contributed by atoms with E-state index < -0.39 is 16.1 Å². The first-order valence-electron chi connectivity index (χ1n) is 7.18. The van der Waals surface area contributed by atoms with E-state index >= 15 is 0 Å². The summed E-state index contributed by atoms with van der Waals surface area (Å²) in [5, 5.41) is 11.3. The molecule has 0 heterocycles. The minimum Gasteiger partial charge on any atom is -0.461 e. The highest BCUT2D eigenvalue weighted by Crippen LogP contribution is 2.08. The molecule has 0 unspecified atom stereocenters. The molecule has 0 bridgehead atoms. The molecule has 1 rings (SSSR count). The van der Waals surface area contributed by atoms with Gasteiger partial charge in [0.25, 0.3) is 10.1 Å². The number of hydrogen-bond donors (Lipinski definition) is 2. The maximum Gasteiger partial charge on any atom is 0.356 e. The van der Waals surface area contributed by atoms with Gasteiger partial charge in [-0.2, -0.15) is 8.42 Å². The summed E-state index contributed by atoms with van der Waals surface area (Å²) in [5.41, 5.74) is 1.07.